The molecule has 1 aromatic rings. The second kappa shape index (κ2) is 20.1. The van der Waals surface area contributed by atoms with E-state index in [4.69, 9.17) is 9.73 Å². The third kappa shape index (κ3) is 12.9. The number of ketones is 1. The van der Waals surface area contributed by atoms with Crippen LogP contribution >= 0.6 is 11.8 Å². The predicted octanol–water partition coefficient (Wildman–Crippen LogP) is 5.67. The number of carbonyl (C=O) groups excluding carboxylic acids is 5. The molecule has 2 aliphatic rings. The van der Waals surface area contributed by atoms with E-state index in [1.54, 1.807) is 25.6 Å². The molecule has 0 spiro atoms. The molecule has 54 heavy (non-hydrogen) atoms. The quantitative estimate of drug-likeness (QED) is 0.331. The second-order valence-electron chi connectivity index (χ2n) is 17.1. The normalized spacial score (nSPS) is 31.4. The van der Waals surface area contributed by atoms with Crippen molar-refractivity contribution in [2.24, 2.45) is 34.1 Å². The number of thioether (sulfide) groups is 1. The minimum atomic E-state index is -0.996. The molecule has 2 aliphatic heterocycles. The van der Waals surface area contributed by atoms with Gasteiger partial charge in [-0.25, -0.2) is 4.79 Å². The summed E-state index contributed by atoms with van der Waals surface area (Å²) in [5, 5.41) is 17.8. The maximum Gasteiger partial charge on any atom is 0.328 e. The number of esters is 1. The lowest BCUT2D eigenvalue weighted by Gasteiger charge is -2.36. The number of likely N-dealkylation sites (N-methyl/N-ethyl adjacent to an activating group) is 1. The topological polar surface area (TPSA) is 154 Å². The highest BCUT2D eigenvalue weighted by molar-refractivity contribution is 8.14. The number of aliphatic hydroxyl groups excluding tert-OH is 1. The molecule has 12 heteroatoms. The van der Waals surface area contributed by atoms with Gasteiger partial charge in [0.2, 0.25) is 17.7 Å². The summed E-state index contributed by atoms with van der Waals surface area (Å²) in [7, 11) is 1.53. The van der Waals surface area contributed by atoms with Crippen LogP contribution in [0.25, 0.3) is 0 Å². The minimum absolute atomic E-state index is 0.0137. The molecule has 10 atom stereocenters. The number of rotatable bonds is 4. The summed E-state index contributed by atoms with van der Waals surface area (Å²) in [5.41, 5.74) is 1.58. The van der Waals surface area contributed by atoms with Crippen LogP contribution in [0.15, 0.2) is 29.3 Å². The Balaban J connectivity index is 1.94. The zero-order valence-electron chi connectivity index (χ0n) is 34.4. The molecule has 0 aliphatic carbocycles. The molecule has 0 saturated heterocycles. The Labute approximate surface area is 327 Å². The van der Waals surface area contributed by atoms with E-state index in [0.29, 0.717) is 32.1 Å². The molecule has 0 unspecified atom stereocenters. The van der Waals surface area contributed by atoms with Gasteiger partial charge in [0.1, 0.15) is 30.0 Å². The maximum atomic E-state index is 14.0. The molecule has 0 radical (unpaired) electrons. The minimum Gasteiger partial charge on any atom is -0.460 e. The Morgan fingerprint density at radius 2 is 1.65 bits per heavy atom. The zero-order valence-corrected chi connectivity index (χ0v) is 35.3. The van der Waals surface area contributed by atoms with Gasteiger partial charge >= 0.3 is 5.97 Å². The number of fused-ring (bicyclic) bond motifs is 1. The number of amides is 3. The van der Waals surface area contributed by atoms with Gasteiger partial charge in [0.05, 0.1) is 17.2 Å². The van der Waals surface area contributed by atoms with Crippen LogP contribution in [0.4, 0.5) is 0 Å². The number of cyclic esters (lactones) is 1. The van der Waals surface area contributed by atoms with Gasteiger partial charge in [-0.1, -0.05) is 84.7 Å². The molecule has 1 aromatic carbocycles. The molecule has 3 rings (SSSR count). The summed E-state index contributed by atoms with van der Waals surface area (Å²) < 4.78 is 6.11. The molecule has 11 nitrogen and oxygen atoms in total. The van der Waals surface area contributed by atoms with E-state index in [2.05, 4.69) is 10.6 Å². The van der Waals surface area contributed by atoms with Gasteiger partial charge in [0, 0.05) is 37.5 Å². The second-order valence-corrected chi connectivity index (χ2v) is 18.1. The fraction of sp³-hybridized carbons (Fsp3) is 0.714. The van der Waals surface area contributed by atoms with Gasteiger partial charge in [-0.3, -0.25) is 24.2 Å². The number of benzene rings is 1. The number of nitrogens with zero attached hydrogens (tertiary/aromatic N) is 2. The molecule has 0 saturated carbocycles. The molecular weight excluding hydrogens is 705 g/mol. The van der Waals surface area contributed by atoms with E-state index in [9.17, 15) is 29.1 Å². The summed E-state index contributed by atoms with van der Waals surface area (Å²) in [6.07, 6.45) is 1.60. The van der Waals surface area contributed by atoms with E-state index < -0.39 is 65.4 Å². The number of hydrogen-bond donors (Lipinski definition) is 3. The Bertz CT molecular complexity index is 1490. The average molecular weight is 771 g/mol. The molecule has 2 bridgehead atoms. The van der Waals surface area contributed by atoms with Crippen LogP contribution in [-0.4, -0.2) is 93.7 Å². The molecule has 0 fully saturated rings. The largest absolute Gasteiger partial charge is 0.460 e. The van der Waals surface area contributed by atoms with Crippen molar-refractivity contribution in [1.82, 2.24) is 15.5 Å². The van der Waals surface area contributed by atoms with Gasteiger partial charge in [0.25, 0.3) is 0 Å². The Morgan fingerprint density at radius 3 is 2.26 bits per heavy atom. The summed E-state index contributed by atoms with van der Waals surface area (Å²) in [5.74, 6) is -2.44. The van der Waals surface area contributed by atoms with Gasteiger partial charge in [0.15, 0.2) is 0 Å². The number of nitrogens with one attached hydrogen (secondary N) is 2. The summed E-state index contributed by atoms with van der Waals surface area (Å²) in [6, 6.07) is 4.86. The van der Waals surface area contributed by atoms with Crippen molar-refractivity contribution in [2.75, 3.05) is 12.8 Å². The van der Waals surface area contributed by atoms with Crippen LogP contribution in [0.5, 0.6) is 0 Å². The van der Waals surface area contributed by atoms with Crippen molar-refractivity contribution in [3.63, 3.8) is 0 Å². The number of carbonyl (C=O) groups is 5. The van der Waals surface area contributed by atoms with Gasteiger partial charge in [-0.15, -0.1) is 11.8 Å². The number of Topliss-reactive ketones (excluding diaryl/α,β-unsaturated/α-hetero) is 1. The van der Waals surface area contributed by atoms with Crippen LogP contribution in [-0.2, 0) is 35.1 Å². The zero-order chi connectivity index (χ0) is 40.5. The van der Waals surface area contributed by atoms with E-state index in [-0.39, 0.29) is 42.4 Å². The number of aliphatic hydroxyl groups is 1. The highest BCUT2D eigenvalue weighted by Gasteiger charge is 2.38. The van der Waals surface area contributed by atoms with Crippen molar-refractivity contribution in [1.29, 1.82) is 0 Å². The standard InChI is InChI=1S/C42H66N4O7S/c1-12-26(4)36-40(51)46(11)29(7)41(52)53-35(42(8,9)10)20-25(3)19-34(48)27(5)39-44-32(23-54-39)17-18-33(47)22-31(21-30-15-13-24(2)14-16-30)38(50)43-28(6)37(49)45-36/h13-16,25-29,31-32,34-36,48H,12,17-23H2,1-11H3,(H,43,50)(H,45,49)/t25-,26-,27+,28-,29-,31+,32+,34-,35-,36-/m0/s1. The first-order valence-electron chi connectivity index (χ1n) is 19.7. The lowest BCUT2D eigenvalue weighted by molar-refractivity contribution is -0.164. The molecule has 302 valence electrons. The highest BCUT2D eigenvalue weighted by Crippen LogP contribution is 2.33. The lowest BCUT2D eigenvalue weighted by atomic mass is 9.81. The van der Waals surface area contributed by atoms with Gasteiger partial charge < -0.3 is 25.4 Å². The lowest BCUT2D eigenvalue weighted by Crippen LogP contribution is -2.57. The Morgan fingerprint density at radius 1 is 1.00 bits per heavy atom. The fourth-order valence-corrected chi connectivity index (χ4v) is 8.04. The Kier molecular flexibility index (Phi) is 16.8. The monoisotopic (exact) mass is 770 g/mol. The third-order valence-corrected chi connectivity index (χ3v) is 12.5. The van der Waals surface area contributed by atoms with Crippen molar-refractivity contribution >= 4 is 46.3 Å². The third-order valence-electron chi connectivity index (χ3n) is 11.2. The average Bonchev–Trinajstić information content (AvgIpc) is 3.59. The van der Waals surface area contributed by atoms with E-state index in [0.717, 1.165) is 21.9 Å². The fourth-order valence-electron chi connectivity index (χ4n) is 6.79. The first kappa shape index (κ1) is 45.1. The van der Waals surface area contributed by atoms with Crippen LogP contribution in [0.1, 0.15) is 112 Å². The van der Waals surface area contributed by atoms with E-state index in [1.165, 1.54) is 11.9 Å². The summed E-state index contributed by atoms with van der Waals surface area (Å²) >= 11 is 1.62. The maximum absolute atomic E-state index is 14.0. The molecular formula is C42H66N4O7S. The van der Waals surface area contributed by atoms with Gasteiger partial charge in [-0.2, -0.15) is 0 Å². The van der Waals surface area contributed by atoms with Gasteiger partial charge in [-0.05, 0) is 69.3 Å². The van der Waals surface area contributed by atoms with Crippen molar-refractivity contribution in [2.45, 2.75) is 151 Å². The number of aryl methyl sites for hydroxylation is 1. The first-order valence-corrected chi connectivity index (χ1v) is 20.7. The molecule has 3 N–H and O–H groups in total. The highest BCUT2D eigenvalue weighted by atomic mass is 32.2. The van der Waals surface area contributed by atoms with Crippen molar-refractivity contribution < 1.29 is 33.8 Å². The smallest absolute Gasteiger partial charge is 0.328 e. The number of ether oxygens (including phenoxy) is 1. The number of aliphatic imine (C=N–C) groups is 1. The summed E-state index contributed by atoms with van der Waals surface area (Å²) in [6.45, 7) is 18.9. The molecule has 0 aromatic heterocycles. The first-order chi connectivity index (χ1) is 25.2. The van der Waals surface area contributed by atoms with Crippen LogP contribution < -0.4 is 10.6 Å². The SMILES string of the molecule is CC[C@H](C)[C@@H]1NC(=O)[C@H](C)NC(=O)[C@H](Cc2ccc(C)cc2)CC(=O)CC[C@@H]2CSC(=N2)[C@H](C)[C@@H](O)C[C@H](C)C[C@@H](C(C)(C)C)OC(=O)[C@H](C)N(C)C1=O. The molecule has 3 amide bonds. The summed E-state index contributed by atoms with van der Waals surface area (Å²) in [4.78, 5) is 74.6. The van der Waals surface area contributed by atoms with Crippen LogP contribution in [0.2, 0.25) is 0 Å². The van der Waals surface area contributed by atoms with Crippen molar-refractivity contribution in [3.8, 4) is 0 Å². The Hall–Kier alpha value is -3.25. The predicted molar refractivity (Wildman–Crippen MR) is 215 cm³/mol. The van der Waals surface area contributed by atoms with Crippen molar-refractivity contribution in [3.05, 3.63) is 35.4 Å². The van der Waals surface area contributed by atoms with E-state index in [1.807, 2.05) is 79.7 Å². The van der Waals surface area contributed by atoms with E-state index >= 15 is 0 Å². The van der Waals surface area contributed by atoms with Crippen LogP contribution in [0.3, 0.4) is 0 Å². The van der Waals surface area contributed by atoms with Crippen LogP contribution in [0, 0.1) is 36.0 Å². The molecule has 2 heterocycles. The number of hydrogen-bond acceptors (Lipinski definition) is 9.